The molecule has 0 unspecified atom stereocenters. The van der Waals surface area contributed by atoms with Crippen LogP contribution in [0.1, 0.15) is 13.8 Å². The van der Waals surface area contributed by atoms with E-state index in [1.54, 1.807) is 14.2 Å². The van der Waals surface area contributed by atoms with Crippen LogP contribution in [-0.4, -0.2) is 50.8 Å². The predicted octanol–water partition coefficient (Wildman–Crippen LogP) is 2.38. The van der Waals surface area contributed by atoms with E-state index in [4.69, 9.17) is 9.47 Å². The molecule has 0 saturated heterocycles. The largest absolute Gasteiger partial charge is 0.497 e. The molecule has 0 fully saturated rings. The monoisotopic (exact) mass is 325 g/mol. The first-order valence-corrected chi connectivity index (χ1v) is 8.50. The average molecular weight is 325 g/mol. The zero-order chi connectivity index (χ0) is 16.4. The highest BCUT2D eigenvalue weighted by atomic mass is 32.2. The summed E-state index contributed by atoms with van der Waals surface area (Å²) in [5, 5.41) is 6.56. The molecule has 0 aliphatic carbocycles. The van der Waals surface area contributed by atoms with Crippen molar-refractivity contribution in [3.63, 3.8) is 0 Å². The molecule has 1 rings (SSSR count). The quantitative estimate of drug-likeness (QED) is 0.437. The van der Waals surface area contributed by atoms with Crippen LogP contribution in [-0.2, 0) is 0 Å². The Morgan fingerprint density at radius 3 is 2.64 bits per heavy atom. The lowest BCUT2D eigenvalue weighted by molar-refractivity contribution is 0.319. The number of guanidine groups is 1. The van der Waals surface area contributed by atoms with Crippen LogP contribution < -0.4 is 20.1 Å². The molecule has 0 atom stereocenters. The van der Waals surface area contributed by atoms with E-state index in [9.17, 15) is 0 Å². The van der Waals surface area contributed by atoms with Crippen molar-refractivity contribution >= 4 is 17.7 Å². The van der Waals surface area contributed by atoms with Crippen molar-refractivity contribution in [2.75, 3.05) is 40.1 Å². The molecule has 1 aromatic carbocycles. The van der Waals surface area contributed by atoms with Gasteiger partial charge in [0.1, 0.15) is 18.1 Å². The molecule has 0 aliphatic rings. The summed E-state index contributed by atoms with van der Waals surface area (Å²) in [6.07, 6.45) is 2.11. The van der Waals surface area contributed by atoms with Gasteiger partial charge in [-0.2, -0.15) is 11.8 Å². The van der Waals surface area contributed by atoms with Gasteiger partial charge in [-0.3, -0.25) is 4.99 Å². The van der Waals surface area contributed by atoms with Gasteiger partial charge >= 0.3 is 0 Å². The van der Waals surface area contributed by atoms with Crippen LogP contribution >= 0.6 is 11.8 Å². The Morgan fingerprint density at radius 2 is 2.00 bits per heavy atom. The lowest BCUT2D eigenvalue weighted by Crippen LogP contribution is -2.44. The summed E-state index contributed by atoms with van der Waals surface area (Å²) >= 11 is 1.83. The zero-order valence-corrected chi connectivity index (χ0v) is 14.9. The Labute approximate surface area is 137 Å². The number of methoxy groups -OCH3 is 1. The Kier molecular flexibility index (Phi) is 7.95. The number of nitrogens with one attached hydrogen (secondary N) is 2. The second kappa shape index (κ2) is 9.46. The number of thioether (sulfide) groups is 1. The lowest BCUT2D eigenvalue weighted by Gasteiger charge is -2.23. The van der Waals surface area contributed by atoms with Crippen molar-refractivity contribution in [3.8, 4) is 11.5 Å². The first kappa shape index (κ1) is 18.5. The van der Waals surface area contributed by atoms with Gasteiger partial charge in [-0.15, -0.1) is 0 Å². The molecule has 6 heteroatoms. The number of hydrogen-bond acceptors (Lipinski definition) is 4. The zero-order valence-electron chi connectivity index (χ0n) is 14.1. The van der Waals surface area contributed by atoms with Crippen molar-refractivity contribution < 1.29 is 9.47 Å². The fraction of sp³-hybridized carbons (Fsp3) is 0.562. The van der Waals surface area contributed by atoms with Crippen LogP contribution in [0, 0.1) is 0 Å². The summed E-state index contributed by atoms with van der Waals surface area (Å²) in [6, 6.07) is 7.58. The second-order valence-corrected chi connectivity index (χ2v) is 6.86. The fourth-order valence-corrected chi connectivity index (χ4v) is 1.84. The first-order valence-electron chi connectivity index (χ1n) is 7.27. The van der Waals surface area contributed by atoms with E-state index in [1.807, 2.05) is 36.0 Å². The summed E-state index contributed by atoms with van der Waals surface area (Å²) in [5.41, 5.74) is 0. The van der Waals surface area contributed by atoms with Crippen LogP contribution in [0.4, 0.5) is 0 Å². The highest BCUT2D eigenvalue weighted by Crippen LogP contribution is 2.19. The number of benzene rings is 1. The fourth-order valence-electron chi connectivity index (χ4n) is 1.62. The molecule has 0 heterocycles. The van der Waals surface area contributed by atoms with E-state index in [0.29, 0.717) is 13.2 Å². The maximum atomic E-state index is 5.68. The number of rotatable bonds is 8. The second-order valence-electron chi connectivity index (χ2n) is 5.34. The molecule has 0 aliphatic heterocycles. The molecule has 1 aromatic rings. The molecule has 0 amide bonds. The number of hydrogen-bond donors (Lipinski definition) is 2. The van der Waals surface area contributed by atoms with E-state index in [2.05, 4.69) is 35.7 Å². The van der Waals surface area contributed by atoms with Crippen LogP contribution in [0.15, 0.2) is 29.3 Å². The topological polar surface area (TPSA) is 54.9 Å². The van der Waals surface area contributed by atoms with Crippen molar-refractivity contribution in [2.24, 2.45) is 4.99 Å². The van der Waals surface area contributed by atoms with Gasteiger partial charge in [0.2, 0.25) is 0 Å². The van der Waals surface area contributed by atoms with Crippen LogP contribution in [0.5, 0.6) is 11.5 Å². The Morgan fingerprint density at radius 1 is 1.27 bits per heavy atom. The van der Waals surface area contributed by atoms with E-state index in [1.165, 1.54) is 0 Å². The minimum Gasteiger partial charge on any atom is -0.497 e. The third-order valence-electron chi connectivity index (χ3n) is 3.16. The van der Waals surface area contributed by atoms with Crippen molar-refractivity contribution in [1.29, 1.82) is 0 Å². The molecule has 0 saturated carbocycles. The molecule has 124 valence electrons. The maximum absolute atomic E-state index is 5.68. The summed E-state index contributed by atoms with van der Waals surface area (Å²) in [6.45, 7) is 6.48. The van der Waals surface area contributed by atoms with E-state index in [-0.39, 0.29) is 4.75 Å². The van der Waals surface area contributed by atoms with Crippen LogP contribution in [0.3, 0.4) is 0 Å². The molecular weight excluding hydrogens is 298 g/mol. The molecule has 5 nitrogen and oxygen atoms in total. The van der Waals surface area contributed by atoms with Gasteiger partial charge < -0.3 is 20.1 Å². The van der Waals surface area contributed by atoms with E-state index in [0.717, 1.165) is 24.0 Å². The molecular formula is C16H27N3O2S. The molecule has 0 radical (unpaired) electrons. The van der Waals surface area contributed by atoms with Crippen LogP contribution in [0.2, 0.25) is 0 Å². The van der Waals surface area contributed by atoms with Gasteiger partial charge in [0, 0.05) is 24.4 Å². The number of nitrogens with zero attached hydrogens (tertiary/aromatic N) is 1. The van der Waals surface area contributed by atoms with Crippen molar-refractivity contribution in [2.45, 2.75) is 18.6 Å². The van der Waals surface area contributed by atoms with Crippen molar-refractivity contribution in [3.05, 3.63) is 24.3 Å². The number of ether oxygens (including phenoxy) is 2. The third kappa shape index (κ3) is 6.93. The standard InChI is InChI=1S/C16H27N3O2S/c1-16(2,22-5)12-19-15(17-3)18-9-10-21-14-8-6-7-13(11-14)20-4/h6-8,11H,9-10,12H2,1-5H3,(H2,17,18,19). The average Bonchev–Trinajstić information content (AvgIpc) is 2.54. The normalized spacial score (nSPS) is 12.0. The third-order valence-corrected chi connectivity index (χ3v) is 4.41. The lowest BCUT2D eigenvalue weighted by atomic mass is 10.2. The summed E-state index contributed by atoms with van der Waals surface area (Å²) in [5.74, 6) is 2.38. The van der Waals surface area contributed by atoms with Gasteiger partial charge in [0.25, 0.3) is 0 Å². The predicted molar refractivity (Wildman–Crippen MR) is 95.4 cm³/mol. The van der Waals surface area contributed by atoms with Gasteiger partial charge in [-0.1, -0.05) is 6.07 Å². The maximum Gasteiger partial charge on any atom is 0.191 e. The highest BCUT2D eigenvalue weighted by molar-refractivity contribution is 7.99. The van der Waals surface area contributed by atoms with Gasteiger partial charge in [-0.25, -0.2) is 0 Å². The minimum atomic E-state index is 0.175. The summed E-state index contributed by atoms with van der Waals surface area (Å²) in [7, 11) is 3.41. The molecule has 0 aromatic heterocycles. The van der Waals surface area contributed by atoms with E-state index < -0.39 is 0 Å². The molecule has 2 N–H and O–H groups in total. The summed E-state index contributed by atoms with van der Waals surface area (Å²) in [4.78, 5) is 4.21. The summed E-state index contributed by atoms with van der Waals surface area (Å²) < 4.78 is 11.0. The Bertz CT molecular complexity index is 478. The van der Waals surface area contributed by atoms with Crippen LogP contribution in [0.25, 0.3) is 0 Å². The molecule has 0 bridgehead atoms. The van der Waals surface area contributed by atoms with E-state index >= 15 is 0 Å². The van der Waals surface area contributed by atoms with Gasteiger partial charge in [-0.05, 0) is 32.2 Å². The highest BCUT2D eigenvalue weighted by Gasteiger charge is 2.15. The minimum absolute atomic E-state index is 0.175. The number of aliphatic imine (C=N–C) groups is 1. The molecule has 0 spiro atoms. The first-order chi connectivity index (χ1) is 10.5. The van der Waals surface area contributed by atoms with Crippen molar-refractivity contribution in [1.82, 2.24) is 10.6 Å². The Hall–Kier alpha value is -1.56. The van der Waals surface area contributed by atoms with Gasteiger partial charge in [0.15, 0.2) is 5.96 Å². The Balaban J connectivity index is 2.30. The SMILES string of the molecule is CN=C(NCCOc1cccc(OC)c1)NCC(C)(C)SC. The van der Waals surface area contributed by atoms with Gasteiger partial charge in [0.05, 0.1) is 13.7 Å². The smallest absolute Gasteiger partial charge is 0.191 e. The molecule has 22 heavy (non-hydrogen) atoms.